The lowest BCUT2D eigenvalue weighted by atomic mass is 10.0. The van der Waals surface area contributed by atoms with E-state index in [1.165, 1.54) is 18.2 Å². The highest BCUT2D eigenvalue weighted by molar-refractivity contribution is 6.06. The molecule has 2 amide bonds. The van der Waals surface area contributed by atoms with Crippen LogP contribution in [0.15, 0.2) is 72.8 Å². The smallest absolute Gasteiger partial charge is 0.262 e. The lowest BCUT2D eigenvalue weighted by Gasteiger charge is -2.13. The van der Waals surface area contributed by atoms with Crippen molar-refractivity contribution in [1.82, 2.24) is 0 Å². The standard InChI is InChI=1S/C24H23FN2O3/c1-16(2)17-8-7-9-18(14-17)26-24(29)19-10-3-6-13-22(19)30-15-23(28)27-21-12-5-4-11-20(21)25/h3-14,16H,15H2,1-2H3,(H,26,29)(H,27,28). The lowest BCUT2D eigenvalue weighted by molar-refractivity contribution is -0.118. The predicted molar refractivity (Wildman–Crippen MR) is 115 cm³/mol. The highest BCUT2D eigenvalue weighted by Gasteiger charge is 2.15. The summed E-state index contributed by atoms with van der Waals surface area (Å²) in [5.74, 6) is -0.806. The quantitative estimate of drug-likeness (QED) is 0.565. The number of nitrogens with one attached hydrogen (secondary N) is 2. The van der Waals surface area contributed by atoms with Gasteiger partial charge in [-0.25, -0.2) is 4.39 Å². The lowest BCUT2D eigenvalue weighted by Crippen LogP contribution is -2.22. The first kappa shape index (κ1) is 21.0. The maximum Gasteiger partial charge on any atom is 0.262 e. The van der Waals surface area contributed by atoms with E-state index in [9.17, 15) is 14.0 Å². The SMILES string of the molecule is CC(C)c1cccc(NC(=O)c2ccccc2OCC(=O)Nc2ccccc2F)c1. The van der Waals surface area contributed by atoms with Crippen molar-refractivity contribution in [2.45, 2.75) is 19.8 Å². The number of carbonyl (C=O) groups is 2. The van der Waals surface area contributed by atoms with E-state index in [1.807, 2.05) is 24.3 Å². The van der Waals surface area contributed by atoms with Gasteiger partial charge in [-0.2, -0.15) is 0 Å². The average molecular weight is 406 g/mol. The molecule has 154 valence electrons. The van der Waals surface area contributed by atoms with Gasteiger partial charge in [0.1, 0.15) is 11.6 Å². The fourth-order valence-corrected chi connectivity index (χ4v) is 2.85. The summed E-state index contributed by atoms with van der Waals surface area (Å²) in [4.78, 5) is 24.9. The van der Waals surface area contributed by atoms with Gasteiger partial charge in [0.05, 0.1) is 11.3 Å². The highest BCUT2D eigenvalue weighted by Crippen LogP contribution is 2.22. The summed E-state index contributed by atoms with van der Waals surface area (Å²) in [6.07, 6.45) is 0. The molecule has 30 heavy (non-hydrogen) atoms. The van der Waals surface area contributed by atoms with E-state index in [1.54, 1.807) is 30.3 Å². The van der Waals surface area contributed by atoms with Crippen molar-refractivity contribution in [2.75, 3.05) is 17.2 Å². The van der Waals surface area contributed by atoms with Gasteiger partial charge in [0.15, 0.2) is 6.61 Å². The monoisotopic (exact) mass is 406 g/mol. The van der Waals surface area contributed by atoms with Crippen molar-refractivity contribution < 1.29 is 18.7 Å². The number of benzene rings is 3. The largest absolute Gasteiger partial charge is 0.483 e. The zero-order chi connectivity index (χ0) is 21.5. The molecule has 0 aliphatic rings. The van der Waals surface area contributed by atoms with E-state index in [0.29, 0.717) is 17.2 Å². The van der Waals surface area contributed by atoms with Crippen LogP contribution in [-0.2, 0) is 4.79 Å². The van der Waals surface area contributed by atoms with Crippen molar-refractivity contribution >= 4 is 23.2 Å². The van der Waals surface area contributed by atoms with Gasteiger partial charge in [-0.3, -0.25) is 9.59 Å². The molecule has 0 aromatic heterocycles. The van der Waals surface area contributed by atoms with Gasteiger partial charge in [-0.1, -0.05) is 50.2 Å². The van der Waals surface area contributed by atoms with Crippen LogP contribution in [0.25, 0.3) is 0 Å². The van der Waals surface area contributed by atoms with Gasteiger partial charge >= 0.3 is 0 Å². The minimum absolute atomic E-state index is 0.0714. The van der Waals surface area contributed by atoms with Crippen LogP contribution in [0.4, 0.5) is 15.8 Å². The number of para-hydroxylation sites is 2. The van der Waals surface area contributed by atoms with Crippen molar-refractivity contribution in [3.63, 3.8) is 0 Å². The van der Waals surface area contributed by atoms with E-state index in [0.717, 1.165) is 5.56 Å². The van der Waals surface area contributed by atoms with Crippen LogP contribution in [0, 0.1) is 5.82 Å². The highest BCUT2D eigenvalue weighted by atomic mass is 19.1. The molecular formula is C24H23FN2O3. The van der Waals surface area contributed by atoms with Gasteiger partial charge in [-0.05, 0) is 47.9 Å². The normalized spacial score (nSPS) is 10.5. The van der Waals surface area contributed by atoms with E-state index in [-0.39, 0.29) is 24.0 Å². The molecule has 0 radical (unpaired) electrons. The first-order valence-electron chi connectivity index (χ1n) is 9.61. The molecule has 2 N–H and O–H groups in total. The molecule has 0 aliphatic carbocycles. The number of carbonyl (C=O) groups excluding carboxylic acids is 2. The summed E-state index contributed by atoms with van der Waals surface area (Å²) >= 11 is 0. The van der Waals surface area contributed by atoms with Gasteiger partial charge in [0.25, 0.3) is 11.8 Å². The Bertz CT molecular complexity index is 1050. The molecule has 0 heterocycles. The topological polar surface area (TPSA) is 67.4 Å². The summed E-state index contributed by atoms with van der Waals surface area (Å²) in [6.45, 7) is 3.80. The molecule has 0 aliphatic heterocycles. The predicted octanol–water partition coefficient (Wildman–Crippen LogP) is 5.22. The van der Waals surface area contributed by atoms with Crippen molar-refractivity contribution in [3.8, 4) is 5.75 Å². The Morgan fingerprint density at radius 2 is 1.67 bits per heavy atom. The van der Waals surface area contributed by atoms with E-state index in [4.69, 9.17) is 4.74 Å². The van der Waals surface area contributed by atoms with Gasteiger partial charge in [0.2, 0.25) is 0 Å². The first-order chi connectivity index (χ1) is 14.4. The van der Waals surface area contributed by atoms with Crippen LogP contribution in [0.1, 0.15) is 35.7 Å². The van der Waals surface area contributed by atoms with Gasteiger partial charge in [-0.15, -0.1) is 0 Å². The van der Waals surface area contributed by atoms with E-state index in [2.05, 4.69) is 24.5 Å². The second-order valence-corrected chi connectivity index (χ2v) is 7.05. The molecule has 0 saturated heterocycles. The Hall–Kier alpha value is -3.67. The third-order valence-corrected chi connectivity index (χ3v) is 4.45. The van der Waals surface area contributed by atoms with Crippen LogP contribution in [0.5, 0.6) is 5.75 Å². The minimum atomic E-state index is -0.533. The molecule has 0 bridgehead atoms. The first-order valence-corrected chi connectivity index (χ1v) is 9.61. The summed E-state index contributed by atoms with van der Waals surface area (Å²) in [7, 11) is 0. The molecular weight excluding hydrogens is 383 g/mol. The Morgan fingerprint density at radius 1 is 0.933 bits per heavy atom. The van der Waals surface area contributed by atoms with Gasteiger partial charge < -0.3 is 15.4 Å². The minimum Gasteiger partial charge on any atom is -0.483 e. The Kier molecular flexibility index (Phi) is 6.80. The maximum atomic E-state index is 13.7. The molecule has 0 fully saturated rings. The molecule has 0 saturated carbocycles. The molecule has 3 aromatic rings. The second-order valence-electron chi connectivity index (χ2n) is 7.05. The fourth-order valence-electron chi connectivity index (χ4n) is 2.85. The van der Waals surface area contributed by atoms with Crippen molar-refractivity contribution in [2.24, 2.45) is 0 Å². The van der Waals surface area contributed by atoms with Crippen LogP contribution < -0.4 is 15.4 Å². The Labute approximate surface area is 174 Å². The molecule has 0 unspecified atom stereocenters. The summed E-state index contributed by atoms with van der Waals surface area (Å²) in [5, 5.41) is 5.31. The summed E-state index contributed by atoms with van der Waals surface area (Å²) < 4.78 is 19.2. The molecule has 0 spiro atoms. The Balaban J connectivity index is 1.66. The fraction of sp³-hybridized carbons (Fsp3) is 0.167. The Morgan fingerprint density at radius 3 is 2.43 bits per heavy atom. The number of ether oxygens (including phenoxy) is 1. The third kappa shape index (κ3) is 5.44. The second kappa shape index (κ2) is 9.69. The van der Waals surface area contributed by atoms with Crippen LogP contribution in [0.3, 0.4) is 0 Å². The number of hydrogen-bond acceptors (Lipinski definition) is 3. The molecule has 6 heteroatoms. The van der Waals surface area contributed by atoms with Gasteiger partial charge in [0, 0.05) is 5.69 Å². The number of hydrogen-bond donors (Lipinski definition) is 2. The molecule has 3 rings (SSSR count). The number of amides is 2. The third-order valence-electron chi connectivity index (χ3n) is 4.45. The van der Waals surface area contributed by atoms with E-state index >= 15 is 0 Å². The number of rotatable bonds is 7. The number of anilines is 2. The van der Waals surface area contributed by atoms with Crippen molar-refractivity contribution in [1.29, 1.82) is 0 Å². The van der Waals surface area contributed by atoms with Crippen LogP contribution in [-0.4, -0.2) is 18.4 Å². The van der Waals surface area contributed by atoms with Crippen LogP contribution in [0.2, 0.25) is 0 Å². The average Bonchev–Trinajstić information content (AvgIpc) is 2.74. The number of halogens is 1. The zero-order valence-electron chi connectivity index (χ0n) is 16.8. The van der Waals surface area contributed by atoms with E-state index < -0.39 is 11.7 Å². The maximum absolute atomic E-state index is 13.7. The van der Waals surface area contributed by atoms with Crippen molar-refractivity contribution in [3.05, 3.63) is 89.7 Å². The molecule has 3 aromatic carbocycles. The zero-order valence-corrected chi connectivity index (χ0v) is 16.8. The molecule has 0 atom stereocenters. The molecule has 5 nitrogen and oxygen atoms in total. The summed E-state index contributed by atoms with van der Waals surface area (Å²) in [6, 6.07) is 20.1. The van der Waals surface area contributed by atoms with Crippen LogP contribution >= 0.6 is 0 Å². The summed E-state index contributed by atoms with van der Waals surface area (Å²) in [5.41, 5.74) is 2.16.